The predicted octanol–water partition coefficient (Wildman–Crippen LogP) is 2.54. The molecule has 4 heteroatoms. The van der Waals surface area contributed by atoms with Crippen LogP contribution in [0.4, 0.5) is 0 Å². The van der Waals surface area contributed by atoms with E-state index in [4.69, 9.17) is 4.74 Å². The molecule has 1 aromatic carbocycles. The van der Waals surface area contributed by atoms with Crippen molar-refractivity contribution in [3.63, 3.8) is 0 Å². The highest BCUT2D eigenvalue weighted by Crippen LogP contribution is 2.26. The molecule has 19 heavy (non-hydrogen) atoms. The summed E-state index contributed by atoms with van der Waals surface area (Å²) in [6, 6.07) is 3.92. The molecule has 0 amide bonds. The van der Waals surface area contributed by atoms with E-state index in [0.29, 0.717) is 0 Å². The Hall–Kier alpha value is -1.00. The van der Waals surface area contributed by atoms with Crippen molar-refractivity contribution in [1.29, 1.82) is 0 Å². The van der Waals surface area contributed by atoms with E-state index in [0.717, 1.165) is 40.5 Å². The molecule has 0 bridgehead atoms. The van der Waals surface area contributed by atoms with E-state index in [-0.39, 0.29) is 11.8 Å². The van der Waals surface area contributed by atoms with Gasteiger partial charge in [0.05, 0.1) is 13.2 Å². The fourth-order valence-corrected chi connectivity index (χ4v) is 3.63. The maximum absolute atomic E-state index is 12.7. The van der Waals surface area contributed by atoms with Crippen LogP contribution in [0.1, 0.15) is 21.5 Å². The molecule has 3 nitrogen and oxygen atoms in total. The molecule has 1 atom stereocenters. The Morgan fingerprint density at radius 2 is 2.11 bits per heavy atom. The summed E-state index contributed by atoms with van der Waals surface area (Å²) in [6.07, 6.45) is 0. The van der Waals surface area contributed by atoms with Gasteiger partial charge >= 0.3 is 0 Å². The monoisotopic (exact) mass is 279 g/mol. The summed E-state index contributed by atoms with van der Waals surface area (Å²) in [5.74, 6) is 3.08. The maximum atomic E-state index is 12.7. The smallest absolute Gasteiger partial charge is 0.181 e. The number of ether oxygens (including phenoxy) is 1. The van der Waals surface area contributed by atoms with Gasteiger partial charge in [-0.3, -0.25) is 9.69 Å². The molecular formula is C15H21NO2S. The van der Waals surface area contributed by atoms with E-state index in [1.54, 1.807) is 7.11 Å². The summed E-state index contributed by atoms with van der Waals surface area (Å²) in [5, 5.41) is 0. The highest BCUT2D eigenvalue weighted by atomic mass is 32.2. The van der Waals surface area contributed by atoms with Gasteiger partial charge in [0.25, 0.3) is 0 Å². The van der Waals surface area contributed by atoms with Crippen LogP contribution in [0.15, 0.2) is 12.1 Å². The topological polar surface area (TPSA) is 29.5 Å². The summed E-state index contributed by atoms with van der Waals surface area (Å²) in [4.78, 5) is 14.9. The largest absolute Gasteiger partial charge is 0.496 e. The number of hydrogen-bond acceptors (Lipinski definition) is 4. The Morgan fingerprint density at radius 1 is 1.37 bits per heavy atom. The fraction of sp³-hybridized carbons (Fsp3) is 0.533. The number of aryl methyl sites for hydroxylation is 2. The number of carbonyl (C=O) groups is 1. The van der Waals surface area contributed by atoms with E-state index in [9.17, 15) is 4.79 Å². The first-order chi connectivity index (χ1) is 9.04. The van der Waals surface area contributed by atoms with Crippen LogP contribution in [0.3, 0.4) is 0 Å². The van der Waals surface area contributed by atoms with Crippen LogP contribution in [-0.2, 0) is 0 Å². The van der Waals surface area contributed by atoms with E-state index in [1.165, 1.54) is 0 Å². The molecule has 2 rings (SSSR count). The van der Waals surface area contributed by atoms with Gasteiger partial charge in [0.15, 0.2) is 5.78 Å². The highest BCUT2D eigenvalue weighted by molar-refractivity contribution is 7.99. The fourth-order valence-electron chi connectivity index (χ4n) is 2.42. The lowest BCUT2D eigenvalue weighted by atomic mass is 9.97. The second-order valence-corrected chi connectivity index (χ2v) is 6.22. The van der Waals surface area contributed by atoms with E-state index < -0.39 is 0 Å². The number of likely N-dealkylation sites (N-methyl/N-ethyl adjacent to an activating group) is 1. The van der Waals surface area contributed by atoms with Gasteiger partial charge in [0.2, 0.25) is 0 Å². The zero-order chi connectivity index (χ0) is 14.0. The van der Waals surface area contributed by atoms with E-state index in [2.05, 4.69) is 4.90 Å². The number of methoxy groups -OCH3 is 1. The number of ketones is 1. The van der Waals surface area contributed by atoms with Gasteiger partial charge in [-0.15, -0.1) is 0 Å². The first-order valence-electron chi connectivity index (χ1n) is 6.52. The lowest BCUT2D eigenvalue weighted by Gasteiger charge is -2.31. The normalized spacial score (nSPS) is 20.3. The molecule has 104 valence electrons. The van der Waals surface area contributed by atoms with Gasteiger partial charge < -0.3 is 4.74 Å². The number of thioether (sulfide) groups is 1. The van der Waals surface area contributed by atoms with Crippen LogP contribution in [0.25, 0.3) is 0 Å². The van der Waals surface area contributed by atoms with Crippen LogP contribution >= 0.6 is 11.8 Å². The van der Waals surface area contributed by atoms with Crippen LogP contribution < -0.4 is 4.74 Å². The molecule has 1 heterocycles. The van der Waals surface area contributed by atoms with Crippen LogP contribution in [-0.4, -0.2) is 48.9 Å². The minimum absolute atomic E-state index is 0.00486. The van der Waals surface area contributed by atoms with Gasteiger partial charge in [-0.25, -0.2) is 0 Å². The quantitative estimate of drug-likeness (QED) is 0.795. The second kappa shape index (κ2) is 5.97. The molecule has 0 aromatic heterocycles. The molecule has 0 radical (unpaired) electrons. The summed E-state index contributed by atoms with van der Waals surface area (Å²) < 4.78 is 5.30. The summed E-state index contributed by atoms with van der Waals surface area (Å²) in [7, 11) is 3.70. The van der Waals surface area contributed by atoms with E-state index >= 15 is 0 Å². The molecule has 1 saturated heterocycles. The lowest BCUT2D eigenvalue weighted by molar-refractivity contribution is 0.0873. The molecule has 0 aliphatic carbocycles. The molecule has 1 aliphatic rings. The molecule has 1 aliphatic heterocycles. The van der Waals surface area contributed by atoms with Crippen molar-refractivity contribution in [3.05, 3.63) is 28.8 Å². The summed E-state index contributed by atoms with van der Waals surface area (Å²) in [5.41, 5.74) is 2.84. The standard InChI is InChI=1S/C15H21NO2S/c1-10-8-14(18-4)11(2)7-12(10)15(17)13-9-19-6-5-16(13)3/h7-8,13H,5-6,9H2,1-4H3. The van der Waals surface area contributed by atoms with Gasteiger partial charge in [-0.1, -0.05) is 0 Å². The third-order valence-corrected chi connectivity index (χ3v) is 4.73. The predicted molar refractivity (Wildman–Crippen MR) is 80.5 cm³/mol. The molecule has 0 saturated carbocycles. The number of Topliss-reactive ketones (excluding diaryl/α,β-unsaturated/α-hetero) is 1. The van der Waals surface area contributed by atoms with Gasteiger partial charge in [0, 0.05) is 23.6 Å². The zero-order valence-corrected chi connectivity index (χ0v) is 12.8. The number of rotatable bonds is 3. The molecule has 0 spiro atoms. The van der Waals surface area contributed by atoms with Crippen molar-refractivity contribution < 1.29 is 9.53 Å². The lowest BCUT2D eigenvalue weighted by Crippen LogP contribution is -2.45. The Balaban J connectivity index is 2.30. The molecule has 1 fully saturated rings. The van der Waals surface area contributed by atoms with Crippen molar-refractivity contribution in [1.82, 2.24) is 4.90 Å². The Labute approximate surface area is 119 Å². The van der Waals surface area contributed by atoms with Gasteiger partial charge in [0.1, 0.15) is 5.75 Å². The number of benzene rings is 1. The summed E-state index contributed by atoms with van der Waals surface area (Å²) in [6.45, 7) is 4.94. The van der Waals surface area contributed by atoms with Crippen LogP contribution in [0.2, 0.25) is 0 Å². The first-order valence-corrected chi connectivity index (χ1v) is 7.67. The molecule has 1 aromatic rings. The zero-order valence-electron chi connectivity index (χ0n) is 12.0. The number of carbonyl (C=O) groups excluding carboxylic acids is 1. The van der Waals surface area contributed by atoms with Crippen molar-refractivity contribution in [2.75, 3.05) is 32.2 Å². The van der Waals surface area contributed by atoms with Crippen molar-refractivity contribution >= 4 is 17.5 Å². The molecular weight excluding hydrogens is 258 g/mol. The van der Waals surface area contributed by atoms with Crippen LogP contribution in [0.5, 0.6) is 5.75 Å². The Morgan fingerprint density at radius 3 is 2.74 bits per heavy atom. The second-order valence-electron chi connectivity index (χ2n) is 5.07. The van der Waals surface area contributed by atoms with Crippen molar-refractivity contribution in [2.24, 2.45) is 0 Å². The van der Waals surface area contributed by atoms with E-state index in [1.807, 2.05) is 44.8 Å². The Kier molecular flexibility index (Phi) is 4.53. The first kappa shape index (κ1) is 14.4. The number of hydrogen-bond donors (Lipinski definition) is 0. The molecule has 1 unspecified atom stereocenters. The minimum Gasteiger partial charge on any atom is -0.496 e. The Bertz CT molecular complexity index is 487. The van der Waals surface area contributed by atoms with Crippen LogP contribution in [0, 0.1) is 13.8 Å². The maximum Gasteiger partial charge on any atom is 0.181 e. The summed E-state index contributed by atoms with van der Waals surface area (Å²) >= 11 is 1.86. The van der Waals surface area contributed by atoms with Gasteiger partial charge in [-0.05, 0) is 44.2 Å². The van der Waals surface area contributed by atoms with Crippen molar-refractivity contribution in [2.45, 2.75) is 19.9 Å². The SMILES string of the molecule is COc1cc(C)c(C(=O)C2CSCCN2C)cc1C. The third-order valence-electron chi connectivity index (χ3n) is 3.71. The van der Waals surface area contributed by atoms with Crippen molar-refractivity contribution in [3.8, 4) is 5.75 Å². The molecule has 0 N–H and O–H groups in total. The highest BCUT2D eigenvalue weighted by Gasteiger charge is 2.28. The average molecular weight is 279 g/mol. The minimum atomic E-state index is 0.00486. The average Bonchev–Trinajstić information content (AvgIpc) is 2.40. The number of nitrogens with zero attached hydrogens (tertiary/aromatic N) is 1. The third kappa shape index (κ3) is 2.95. The van der Waals surface area contributed by atoms with Gasteiger partial charge in [-0.2, -0.15) is 11.8 Å².